The minimum Gasteiger partial charge on any atom is -0.494 e. The number of ether oxygens (including phenoxy) is 2. The van der Waals surface area contributed by atoms with E-state index < -0.39 is 23.2 Å². The van der Waals surface area contributed by atoms with Crippen molar-refractivity contribution in [2.75, 3.05) is 7.11 Å². The zero-order valence-electron chi connectivity index (χ0n) is 16.6. The highest BCUT2D eigenvalue weighted by Crippen LogP contribution is 2.55. The minimum atomic E-state index is -1.46. The van der Waals surface area contributed by atoms with Crippen molar-refractivity contribution in [1.29, 1.82) is 5.26 Å². The minimum absolute atomic E-state index is 0.0308. The van der Waals surface area contributed by atoms with Crippen molar-refractivity contribution in [1.82, 2.24) is 0 Å². The van der Waals surface area contributed by atoms with Crippen LogP contribution < -0.4 is 9.47 Å². The third kappa shape index (κ3) is 2.96. The quantitative estimate of drug-likeness (QED) is 0.485. The maximum Gasteiger partial charge on any atom is 0.195 e. The molecule has 1 heterocycles. The molecule has 3 aromatic carbocycles. The molecule has 7 heteroatoms. The Hall–Kier alpha value is -3.43. The van der Waals surface area contributed by atoms with Gasteiger partial charge in [0.1, 0.15) is 11.6 Å². The van der Waals surface area contributed by atoms with Crippen molar-refractivity contribution in [3.8, 4) is 28.7 Å². The monoisotopic (exact) mass is 439 g/mol. The lowest BCUT2D eigenvalue weighted by Crippen LogP contribution is -2.35. The van der Waals surface area contributed by atoms with Gasteiger partial charge in [-0.2, -0.15) is 5.26 Å². The van der Waals surface area contributed by atoms with Crippen LogP contribution in [0.3, 0.4) is 0 Å². The lowest BCUT2D eigenvalue weighted by molar-refractivity contribution is -0.122. The van der Waals surface area contributed by atoms with Crippen LogP contribution in [0.15, 0.2) is 48.5 Å². The van der Waals surface area contributed by atoms with Crippen molar-refractivity contribution in [3.63, 3.8) is 0 Å². The Morgan fingerprint density at radius 3 is 2.52 bits per heavy atom. The number of fused-ring (bicyclic) bond motifs is 1. The fourth-order valence-electron chi connectivity index (χ4n) is 4.11. The highest BCUT2D eigenvalue weighted by Gasteiger charge is 2.50. The molecule has 156 valence electrons. The van der Waals surface area contributed by atoms with Crippen LogP contribution in [0.2, 0.25) is 5.02 Å². The molecule has 0 bridgehead atoms. The molecule has 0 aromatic heterocycles. The molecular weight excluding hydrogens is 424 g/mol. The highest BCUT2D eigenvalue weighted by molar-refractivity contribution is 6.34. The Balaban J connectivity index is 2.06. The van der Waals surface area contributed by atoms with Crippen molar-refractivity contribution in [3.05, 3.63) is 81.9 Å². The third-order valence-corrected chi connectivity index (χ3v) is 6.04. The molecular formula is C24H16ClF2NO3. The van der Waals surface area contributed by atoms with Gasteiger partial charge in [-0.05, 0) is 12.1 Å². The van der Waals surface area contributed by atoms with Crippen molar-refractivity contribution in [2.24, 2.45) is 0 Å². The van der Waals surface area contributed by atoms with Gasteiger partial charge in [0.25, 0.3) is 0 Å². The standard InChI is InChI=1S/C24H16ClF2NO3/c1-13-19-18(31-24(13,12-29)15-6-4-3-5-7-15)10-16(26)22(25)21(19)20-14(11-28)8-9-17(30-2)23(20)27/h3-10,12-13H,1-2H3/t13-,24-/m0/s1. The predicted octanol–water partition coefficient (Wildman–Crippen LogP) is 5.76. The summed E-state index contributed by atoms with van der Waals surface area (Å²) < 4.78 is 41.2. The highest BCUT2D eigenvalue weighted by atomic mass is 35.5. The summed E-state index contributed by atoms with van der Waals surface area (Å²) in [5, 5.41) is 9.22. The van der Waals surface area contributed by atoms with E-state index in [1.807, 2.05) is 6.07 Å². The molecule has 2 atom stereocenters. The van der Waals surface area contributed by atoms with E-state index in [1.165, 1.54) is 19.2 Å². The maximum absolute atomic E-state index is 15.3. The molecule has 31 heavy (non-hydrogen) atoms. The first kappa shape index (κ1) is 20.8. The van der Waals surface area contributed by atoms with Crippen molar-refractivity contribution < 1.29 is 23.0 Å². The van der Waals surface area contributed by atoms with E-state index in [2.05, 4.69) is 0 Å². The van der Waals surface area contributed by atoms with Gasteiger partial charge < -0.3 is 9.47 Å². The van der Waals surface area contributed by atoms with E-state index in [0.717, 1.165) is 6.07 Å². The summed E-state index contributed by atoms with van der Waals surface area (Å²) in [5.74, 6) is -2.44. The van der Waals surface area contributed by atoms with E-state index in [4.69, 9.17) is 21.1 Å². The molecule has 0 unspecified atom stereocenters. The number of nitrogens with zero attached hydrogens (tertiary/aromatic N) is 1. The first-order valence-electron chi connectivity index (χ1n) is 9.39. The number of carbonyl (C=O) groups is 1. The molecule has 0 aliphatic carbocycles. The summed E-state index contributed by atoms with van der Waals surface area (Å²) in [4.78, 5) is 12.3. The van der Waals surface area contributed by atoms with Crippen LogP contribution in [0.25, 0.3) is 11.1 Å². The molecule has 0 fully saturated rings. The van der Waals surface area contributed by atoms with E-state index >= 15 is 4.39 Å². The topological polar surface area (TPSA) is 59.3 Å². The SMILES string of the molecule is COc1ccc(C#N)c(-c2c(Cl)c(F)cc3c2[C@H](C)[C@@](C=O)(c2ccccc2)O3)c1F. The molecule has 0 N–H and O–H groups in total. The summed E-state index contributed by atoms with van der Waals surface area (Å²) in [6.07, 6.45) is 0.649. The van der Waals surface area contributed by atoms with Gasteiger partial charge in [0, 0.05) is 34.2 Å². The summed E-state index contributed by atoms with van der Waals surface area (Å²) in [5.41, 5.74) is -0.848. The molecule has 0 saturated heterocycles. The number of nitriles is 1. The molecule has 4 rings (SSSR count). The van der Waals surface area contributed by atoms with E-state index in [0.29, 0.717) is 17.4 Å². The lowest BCUT2D eigenvalue weighted by atomic mass is 9.78. The molecule has 0 saturated carbocycles. The van der Waals surface area contributed by atoms with Crippen LogP contribution in [0.4, 0.5) is 8.78 Å². The van der Waals surface area contributed by atoms with Crippen LogP contribution in [0.1, 0.15) is 29.5 Å². The van der Waals surface area contributed by atoms with Crippen LogP contribution in [-0.2, 0) is 10.4 Å². The van der Waals surface area contributed by atoms with Gasteiger partial charge >= 0.3 is 0 Å². The Bertz CT molecular complexity index is 1240. The number of benzene rings is 3. The zero-order chi connectivity index (χ0) is 22.3. The average Bonchev–Trinajstić information content (AvgIpc) is 3.07. The molecule has 0 radical (unpaired) electrons. The molecule has 1 aliphatic rings. The number of carbonyl (C=O) groups excluding carboxylic acids is 1. The molecule has 0 amide bonds. The van der Waals surface area contributed by atoms with E-state index in [1.54, 1.807) is 37.3 Å². The van der Waals surface area contributed by atoms with Crippen LogP contribution >= 0.6 is 11.6 Å². The number of methoxy groups -OCH3 is 1. The van der Waals surface area contributed by atoms with Gasteiger partial charge in [0.15, 0.2) is 23.5 Å². The van der Waals surface area contributed by atoms with Crippen molar-refractivity contribution in [2.45, 2.75) is 18.4 Å². The van der Waals surface area contributed by atoms with Crippen LogP contribution in [-0.4, -0.2) is 13.4 Å². The fourth-order valence-corrected chi connectivity index (χ4v) is 4.37. The number of halogens is 3. The Labute approximate surface area is 182 Å². The summed E-state index contributed by atoms with van der Waals surface area (Å²) in [7, 11) is 1.28. The Morgan fingerprint density at radius 2 is 1.90 bits per heavy atom. The van der Waals surface area contributed by atoms with Crippen molar-refractivity contribution >= 4 is 17.9 Å². The predicted molar refractivity (Wildman–Crippen MR) is 111 cm³/mol. The average molecular weight is 440 g/mol. The maximum atomic E-state index is 15.3. The third-order valence-electron chi connectivity index (χ3n) is 5.67. The Morgan fingerprint density at radius 1 is 1.19 bits per heavy atom. The van der Waals surface area contributed by atoms with Gasteiger partial charge in [-0.1, -0.05) is 48.9 Å². The molecule has 3 aromatic rings. The zero-order valence-corrected chi connectivity index (χ0v) is 17.3. The van der Waals surface area contributed by atoms with Gasteiger partial charge in [-0.15, -0.1) is 0 Å². The lowest BCUT2D eigenvalue weighted by Gasteiger charge is -2.28. The number of hydrogen-bond donors (Lipinski definition) is 0. The van der Waals surface area contributed by atoms with E-state index in [-0.39, 0.29) is 33.2 Å². The van der Waals surface area contributed by atoms with Gasteiger partial charge in [-0.25, -0.2) is 8.78 Å². The van der Waals surface area contributed by atoms with Crippen LogP contribution in [0.5, 0.6) is 11.5 Å². The van der Waals surface area contributed by atoms with Gasteiger partial charge in [-0.3, -0.25) is 4.79 Å². The molecule has 4 nitrogen and oxygen atoms in total. The largest absolute Gasteiger partial charge is 0.494 e. The van der Waals surface area contributed by atoms with Gasteiger partial charge in [0.05, 0.1) is 23.8 Å². The van der Waals surface area contributed by atoms with Crippen LogP contribution in [0, 0.1) is 23.0 Å². The second-order valence-corrected chi connectivity index (χ2v) is 7.55. The number of rotatable bonds is 4. The summed E-state index contributed by atoms with van der Waals surface area (Å²) in [6, 6.07) is 14.4. The normalized spacial score (nSPS) is 19.3. The number of aldehydes is 1. The number of hydrogen-bond acceptors (Lipinski definition) is 4. The first-order chi connectivity index (χ1) is 14.9. The summed E-state index contributed by atoms with van der Waals surface area (Å²) in [6.45, 7) is 1.72. The molecule has 1 aliphatic heterocycles. The fraction of sp³-hybridized carbons (Fsp3) is 0.167. The van der Waals surface area contributed by atoms with E-state index in [9.17, 15) is 14.4 Å². The second kappa shape index (κ2) is 7.68. The first-order valence-corrected chi connectivity index (χ1v) is 9.77. The smallest absolute Gasteiger partial charge is 0.195 e. The summed E-state index contributed by atoms with van der Waals surface area (Å²) >= 11 is 6.32. The second-order valence-electron chi connectivity index (χ2n) is 7.18. The van der Waals surface area contributed by atoms with Gasteiger partial charge in [0.2, 0.25) is 0 Å². The Kier molecular flexibility index (Phi) is 5.16. The molecule has 0 spiro atoms.